The second-order valence-corrected chi connectivity index (χ2v) is 8.17. The van der Waals surface area contributed by atoms with Crippen molar-refractivity contribution in [3.63, 3.8) is 0 Å². The first-order valence-electron chi connectivity index (χ1n) is 9.84. The maximum absolute atomic E-state index is 12.6. The van der Waals surface area contributed by atoms with Crippen molar-refractivity contribution in [1.29, 1.82) is 0 Å². The van der Waals surface area contributed by atoms with Gasteiger partial charge in [-0.25, -0.2) is 4.68 Å². The molecule has 0 aliphatic carbocycles. The van der Waals surface area contributed by atoms with E-state index in [-0.39, 0.29) is 23.6 Å². The third-order valence-corrected chi connectivity index (χ3v) is 5.73. The lowest BCUT2D eigenvalue weighted by atomic mass is 9.96. The van der Waals surface area contributed by atoms with Crippen LogP contribution in [-0.4, -0.2) is 40.8 Å². The van der Waals surface area contributed by atoms with Gasteiger partial charge in [0.05, 0.1) is 31.6 Å². The number of nitrogens with two attached hydrogens (primary N) is 1. The summed E-state index contributed by atoms with van der Waals surface area (Å²) in [7, 11) is 3.15. The van der Waals surface area contributed by atoms with Gasteiger partial charge in [0.1, 0.15) is 11.5 Å². The topological polar surface area (TPSA) is 104 Å². The molecule has 0 spiro atoms. The fourth-order valence-electron chi connectivity index (χ4n) is 3.18. The van der Waals surface area contributed by atoms with E-state index in [0.29, 0.717) is 28.0 Å². The Morgan fingerprint density at radius 3 is 2.52 bits per heavy atom. The van der Waals surface area contributed by atoms with Crippen LogP contribution in [0.15, 0.2) is 53.7 Å². The quantitative estimate of drug-likeness (QED) is 0.388. The summed E-state index contributed by atoms with van der Waals surface area (Å²) in [6.07, 6.45) is 0. The van der Waals surface area contributed by atoms with E-state index >= 15 is 0 Å². The molecule has 31 heavy (non-hydrogen) atoms. The van der Waals surface area contributed by atoms with Gasteiger partial charge in [-0.15, -0.1) is 10.2 Å². The molecule has 9 heteroatoms. The van der Waals surface area contributed by atoms with Gasteiger partial charge in [-0.3, -0.25) is 4.79 Å². The highest BCUT2D eigenvalue weighted by atomic mass is 32.2. The molecule has 3 rings (SSSR count). The summed E-state index contributed by atoms with van der Waals surface area (Å²) < 4.78 is 12.0. The highest BCUT2D eigenvalue weighted by Gasteiger charge is 2.20. The summed E-state index contributed by atoms with van der Waals surface area (Å²) in [6, 6.07) is 15.2. The van der Waals surface area contributed by atoms with Crippen LogP contribution in [0.2, 0.25) is 0 Å². The van der Waals surface area contributed by atoms with E-state index in [1.807, 2.05) is 30.3 Å². The molecule has 0 unspecified atom stereocenters. The minimum Gasteiger partial charge on any atom is -0.497 e. The Bertz CT molecular complexity index is 1020. The van der Waals surface area contributed by atoms with Gasteiger partial charge >= 0.3 is 0 Å². The number of rotatable bonds is 9. The highest BCUT2D eigenvalue weighted by Crippen LogP contribution is 2.33. The van der Waals surface area contributed by atoms with Gasteiger partial charge in [-0.05, 0) is 23.6 Å². The van der Waals surface area contributed by atoms with Crippen molar-refractivity contribution < 1.29 is 14.3 Å². The number of carbonyl (C=O) groups is 1. The first-order valence-corrected chi connectivity index (χ1v) is 10.8. The van der Waals surface area contributed by atoms with Crippen LogP contribution < -0.4 is 20.6 Å². The fraction of sp³-hybridized carbons (Fsp3) is 0.318. The van der Waals surface area contributed by atoms with Gasteiger partial charge in [0, 0.05) is 6.07 Å². The lowest BCUT2D eigenvalue weighted by Gasteiger charge is -2.22. The van der Waals surface area contributed by atoms with Crippen LogP contribution >= 0.6 is 11.8 Å². The lowest BCUT2D eigenvalue weighted by Crippen LogP contribution is -2.33. The van der Waals surface area contributed by atoms with Gasteiger partial charge in [0.25, 0.3) is 0 Å². The Morgan fingerprint density at radius 1 is 1.13 bits per heavy atom. The molecule has 3 aromatic rings. The van der Waals surface area contributed by atoms with Gasteiger partial charge in [0.15, 0.2) is 5.82 Å². The molecule has 1 heterocycles. The van der Waals surface area contributed by atoms with E-state index in [1.54, 1.807) is 32.4 Å². The minimum atomic E-state index is -0.0980. The number of benzene rings is 2. The third-order valence-electron chi connectivity index (χ3n) is 4.79. The van der Waals surface area contributed by atoms with Crippen molar-refractivity contribution in [2.45, 2.75) is 25.0 Å². The van der Waals surface area contributed by atoms with Crippen molar-refractivity contribution in [1.82, 2.24) is 20.2 Å². The molecule has 3 N–H and O–H groups in total. The van der Waals surface area contributed by atoms with E-state index in [2.05, 4.69) is 29.4 Å². The summed E-state index contributed by atoms with van der Waals surface area (Å²) in [4.78, 5) is 12.6. The van der Waals surface area contributed by atoms with Crippen LogP contribution in [0.4, 0.5) is 0 Å². The van der Waals surface area contributed by atoms with Crippen molar-refractivity contribution >= 4 is 17.7 Å². The van der Waals surface area contributed by atoms with Crippen LogP contribution in [-0.2, 0) is 4.79 Å². The monoisotopic (exact) mass is 441 g/mol. The zero-order valence-corrected chi connectivity index (χ0v) is 18.8. The van der Waals surface area contributed by atoms with E-state index in [4.69, 9.17) is 15.3 Å². The average Bonchev–Trinajstić information content (AvgIpc) is 3.15. The SMILES string of the molecule is COc1ccc(-c2nnc(SCC(=O)N[C@@H](c3ccccc3)C(C)C)n2N)c(OC)c1. The van der Waals surface area contributed by atoms with Crippen LogP contribution in [0.1, 0.15) is 25.5 Å². The zero-order chi connectivity index (χ0) is 22.4. The average molecular weight is 442 g/mol. The van der Waals surface area contributed by atoms with E-state index in [9.17, 15) is 4.79 Å². The van der Waals surface area contributed by atoms with Gasteiger partial charge in [-0.2, -0.15) is 0 Å². The molecular formula is C22H27N5O3S. The smallest absolute Gasteiger partial charge is 0.230 e. The molecule has 164 valence electrons. The van der Waals surface area contributed by atoms with Crippen LogP contribution in [0.3, 0.4) is 0 Å². The minimum absolute atomic E-state index is 0.0656. The molecule has 0 aliphatic heterocycles. The molecular weight excluding hydrogens is 414 g/mol. The molecule has 0 radical (unpaired) electrons. The van der Waals surface area contributed by atoms with Crippen LogP contribution in [0, 0.1) is 5.92 Å². The lowest BCUT2D eigenvalue weighted by molar-refractivity contribution is -0.119. The second-order valence-electron chi connectivity index (χ2n) is 7.23. The van der Waals surface area contributed by atoms with E-state index < -0.39 is 0 Å². The molecule has 0 fully saturated rings. The maximum atomic E-state index is 12.6. The molecule has 1 aromatic heterocycles. The largest absolute Gasteiger partial charge is 0.497 e. The molecule has 1 atom stereocenters. The summed E-state index contributed by atoms with van der Waals surface area (Å²) in [5, 5.41) is 11.9. The molecule has 2 aromatic carbocycles. The highest BCUT2D eigenvalue weighted by molar-refractivity contribution is 7.99. The number of hydrogen-bond acceptors (Lipinski definition) is 7. The molecule has 0 bridgehead atoms. The van der Waals surface area contributed by atoms with E-state index in [0.717, 1.165) is 5.56 Å². The van der Waals surface area contributed by atoms with E-state index in [1.165, 1.54) is 16.4 Å². The maximum Gasteiger partial charge on any atom is 0.230 e. The van der Waals surface area contributed by atoms with Gasteiger partial charge in [-0.1, -0.05) is 55.9 Å². The Balaban J connectivity index is 1.69. The van der Waals surface area contributed by atoms with Gasteiger partial charge < -0.3 is 20.6 Å². The fourth-order valence-corrected chi connectivity index (χ4v) is 3.85. The van der Waals surface area contributed by atoms with Crippen LogP contribution in [0.25, 0.3) is 11.4 Å². The predicted molar refractivity (Wildman–Crippen MR) is 122 cm³/mol. The predicted octanol–water partition coefficient (Wildman–Crippen LogP) is 3.28. The standard InChI is InChI=1S/C22H27N5O3S/c1-14(2)20(15-8-6-5-7-9-15)24-19(28)13-31-22-26-25-21(27(22)23)17-11-10-16(29-3)12-18(17)30-4/h5-12,14,20H,13,23H2,1-4H3,(H,24,28)/t20-/m1/s1. The van der Waals surface area contributed by atoms with Crippen molar-refractivity contribution in [2.75, 3.05) is 25.8 Å². The number of nitrogen functional groups attached to an aromatic ring is 1. The second kappa shape index (κ2) is 10.2. The van der Waals surface area contributed by atoms with Crippen molar-refractivity contribution in [3.8, 4) is 22.9 Å². The third kappa shape index (κ3) is 5.29. The molecule has 8 nitrogen and oxygen atoms in total. The molecule has 1 amide bonds. The number of aromatic nitrogens is 3. The Morgan fingerprint density at radius 2 is 1.87 bits per heavy atom. The normalized spacial score (nSPS) is 11.9. The molecule has 0 aliphatic rings. The summed E-state index contributed by atoms with van der Waals surface area (Å²) in [6.45, 7) is 4.16. The van der Waals surface area contributed by atoms with Crippen molar-refractivity contribution in [3.05, 3.63) is 54.1 Å². The Hall–Kier alpha value is -3.20. The number of amides is 1. The molecule has 0 saturated heterocycles. The number of methoxy groups -OCH3 is 2. The first-order chi connectivity index (χ1) is 14.9. The number of nitrogens with zero attached hydrogens (tertiary/aromatic N) is 3. The number of carbonyl (C=O) groups excluding carboxylic acids is 1. The molecule has 0 saturated carbocycles. The van der Waals surface area contributed by atoms with Crippen LogP contribution in [0.5, 0.6) is 11.5 Å². The first kappa shape index (κ1) is 22.5. The summed E-state index contributed by atoms with van der Waals surface area (Å²) in [5.74, 6) is 8.20. The van der Waals surface area contributed by atoms with Crippen molar-refractivity contribution in [2.24, 2.45) is 5.92 Å². The summed E-state index contributed by atoms with van der Waals surface area (Å²) in [5.41, 5.74) is 1.75. The number of thioether (sulfide) groups is 1. The number of hydrogen-bond donors (Lipinski definition) is 2. The number of ether oxygens (including phenoxy) is 2. The summed E-state index contributed by atoms with van der Waals surface area (Å²) >= 11 is 1.23. The van der Waals surface area contributed by atoms with Gasteiger partial charge in [0.2, 0.25) is 11.1 Å². The number of nitrogens with one attached hydrogen (secondary N) is 1. The Kier molecular flexibility index (Phi) is 7.41. The Labute approximate surface area is 186 Å². The zero-order valence-electron chi connectivity index (χ0n) is 18.0.